The zero-order valence-electron chi connectivity index (χ0n) is 21.2. The first-order valence-corrected chi connectivity index (χ1v) is 13.0. The van der Waals surface area contributed by atoms with Gasteiger partial charge in [0.15, 0.2) is 11.6 Å². The van der Waals surface area contributed by atoms with E-state index in [0.717, 1.165) is 63.3 Å². The maximum atomic E-state index is 15.0. The van der Waals surface area contributed by atoms with Gasteiger partial charge in [0.05, 0.1) is 24.4 Å². The van der Waals surface area contributed by atoms with Gasteiger partial charge in [0, 0.05) is 50.9 Å². The van der Waals surface area contributed by atoms with Crippen LogP contribution in [0, 0.1) is 11.6 Å². The number of aliphatic hydroxyl groups excluding tert-OH is 1. The highest BCUT2D eigenvalue weighted by Gasteiger charge is 2.27. The minimum atomic E-state index is -0.666. The Bertz CT molecular complexity index is 1450. The maximum Gasteiger partial charge on any atom is 0.229 e. The van der Waals surface area contributed by atoms with Crippen LogP contribution >= 0.6 is 0 Å². The molecule has 2 aliphatic heterocycles. The van der Waals surface area contributed by atoms with Crippen LogP contribution in [0.2, 0.25) is 0 Å². The highest BCUT2D eigenvalue weighted by molar-refractivity contribution is 5.83. The van der Waals surface area contributed by atoms with Crippen LogP contribution in [0.4, 0.5) is 20.5 Å². The summed E-state index contributed by atoms with van der Waals surface area (Å²) in [6, 6.07) is 6.59. The van der Waals surface area contributed by atoms with Crippen molar-refractivity contribution in [3.05, 3.63) is 59.7 Å². The molecule has 0 radical (unpaired) electrons. The average molecular weight is 521 g/mol. The van der Waals surface area contributed by atoms with E-state index >= 15 is 4.39 Å². The second-order valence-corrected chi connectivity index (χ2v) is 9.88. The lowest BCUT2D eigenvalue weighted by molar-refractivity contribution is 0.132. The number of hydrogen-bond donors (Lipinski definition) is 2. The molecule has 2 aliphatic rings. The molecule has 0 saturated carbocycles. The van der Waals surface area contributed by atoms with Crippen LogP contribution in [-0.4, -0.2) is 78.7 Å². The first-order valence-electron chi connectivity index (χ1n) is 13.0. The van der Waals surface area contributed by atoms with Gasteiger partial charge in [0.25, 0.3) is 0 Å². The van der Waals surface area contributed by atoms with Gasteiger partial charge in [-0.3, -0.25) is 4.90 Å². The quantitative estimate of drug-likeness (QED) is 0.382. The van der Waals surface area contributed by atoms with Crippen molar-refractivity contribution in [1.29, 1.82) is 0 Å². The predicted octanol–water partition coefficient (Wildman–Crippen LogP) is 3.53. The molecule has 0 bridgehead atoms. The van der Waals surface area contributed by atoms with Crippen LogP contribution in [0.3, 0.4) is 0 Å². The molecule has 1 saturated heterocycles. The molecule has 3 aromatic heterocycles. The van der Waals surface area contributed by atoms with Crippen LogP contribution < -0.4 is 5.32 Å². The summed E-state index contributed by atoms with van der Waals surface area (Å²) >= 11 is 0. The van der Waals surface area contributed by atoms with Crippen molar-refractivity contribution in [2.75, 3.05) is 44.6 Å². The normalized spacial score (nSPS) is 18.3. The van der Waals surface area contributed by atoms with Crippen molar-refractivity contribution >= 4 is 22.8 Å². The number of fused-ring (bicyclic) bond motifs is 3. The first-order chi connectivity index (χ1) is 18.5. The van der Waals surface area contributed by atoms with Gasteiger partial charge in [-0.1, -0.05) is 13.0 Å². The molecule has 2 N–H and O–H groups in total. The number of anilines is 2. The number of imidazole rings is 1. The molecule has 1 fully saturated rings. The molecule has 11 heteroatoms. The van der Waals surface area contributed by atoms with Crippen LogP contribution in [0.1, 0.15) is 30.8 Å². The summed E-state index contributed by atoms with van der Waals surface area (Å²) in [5.74, 6) is 0.184. The highest BCUT2D eigenvalue weighted by atomic mass is 19.1. The number of rotatable bonds is 7. The summed E-state index contributed by atoms with van der Waals surface area (Å²) in [5, 5.41) is 12.8. The van der Waals surface area contributed by atoms with Crippen LogP contribution in [0.5, 0.6) is 0 Å². The Morgan fingerprint density at radius 1 is 1.00 bits per heavy atom. The molecule has 9 nitrogen and oxygen atoms in total. The number of aromatic nitrogens is 5. The van der Waals surface area contributed by atoms with E-state index in [0.29, 0.717) is 17.8 Å². The van der Waals surface area contributed by atoms with Gasteiger partial charge in [-0.25, -0.2) is 28.7 Å². The zero-order valence-corrected chi connectivity index (χ0v) is 21.2. The monoisotopic (exact) mass is 520 g/mol. The number of pyridine rings is 1. The summed E-state index contributed by atoms with van der Waals surface area (Å²) in [6.07, 6.45) is 4.28. The fourth-order valence-corrected chi connectivity index (χ4v) is 5.38. The second kappa shape index (κ2) is 10.3. The van der Waals surface area contributed by atoms with E-state index in [2.05, 4.69) is 42.0 Å². The maximum absolute atomic E-state index is 15.0. The topological polar surface area (TPSA) is 95.2 Å². The number of nitrogens with one attached hydrogen (secondary N) is 1. The molecule has 0 aliphatic carbocycles. The molecule has 0 amide bonds. The minimum absolute atomic E-state index is 0.0276. The van der Waals surface area contributed by atoms with E-state index in [1.54, 1.807) is 6.07 Å². The number of hydrogen-bond acceptors (Lipinski definition) is 8. The molecule has 5 heterocycles. The van der Waals surface area contributed by atoms with Gasteiger partial charge in [-0.15, -0.1) is 0 Å². The number of piperazine rings is 1. The van der Waals surface area contributed by atoms with Crippen molar-refractivity contribution in [3.63, 3.8) is 0 Å². The first kappa shape index (κ1) is 24.8. The van der Waals surface area contributed by atoms with Crippen molar-refractivity contribution in [2.45, 2.75) is 32.4 Å². The molecular weight excluding hydrogens is 490 g/mol. The van der Waals surface area contributed by atoms with E-state index in [1.807, 2.05) is 22.9 Å². The molecule has 1 aromatic carbocycles. The number of benzene rings is 1. The number of aryl methyl sites for hydroxylation is 1. The van der Waals surface area contributed by atoms with E-state index < -0.39 is 11.6 Å². The van der Waals surface area contributed by atoms with Crippen LogP contribution in [-0.2, 0) is 13.0 Å². The lowest BCUT2D eigenvalue weighted by atomic mass is 10.1. The van der Waals surface area contributed by atoms with Gasteiger partial charge in [-0.05, 0) is 36.7 Å². The number of nitrogens with zero attached hydrogens (tertiary/aromatic N) is 7. The van der Waals surface area contributed by atoms with E-state index in [1.165, 1.54) is 6.07 Å². The van der Waals surface area contributed by atoms with Crippen molar-refractivity contribution < 1.29 is 13.9 Å². The molecule has 4 aromatic rings. The summed E-state index contributed by atoms with van der Waals surface area (Å²) in [5.41, 5.74) is 2.09. The zero-order chi connectivity index (χ0) is 26.2. The fourth-order valence-electron chi connectivity index (χ4n) is 5.38. The largest absolute Gasteiger partial charge is 0.394 e. The summed E-state index contributed by atoms with van der Waals surface area (Å²) in [7, 11) is 0. The van der Waals surface area contributed by atoms with Gasteiger partial charge in [0.1, 0.15) is 22.9 Å². The standard InChI is InChI=1S/C27H30F2N8O/c1-2-35-7-9-36(10-8-35)15-17-3-5-23(30-13-17)32-27-31-14-21(29)25(34-27)18-11-20(28)26-22(12-18)37-19(16-38)4-6-24(37)33-26/h3,5,11-14,19,38H,2,4,6-10,15-16H2,1H3,(H,30,31,32,34)/t19-/m0/s1. The molecule has 0 unspecified atom stereocenters. The summed E-state index contributed by atoms with van der Waals surface area (Å²) < 4.78 is 31.7. The molecule has 0 spiro atoms. The predicted molar refractivity (Wildman–Crippen MR) is 140 cm³/mol. The third-order valence-electron chi connectivity index (χ3n) is 7.50. The SMILES string of the molecule is CCN1CCN(Cc2ccc(Nc3ncc(F)c(-c4cc(F)c5nc6n(c5c4)[C@H](CO)CC6)n3)nc2)CC1. The number of likely N-dealkylation sites (N-methyl/N-ethyl adjacent to an activating group) is 1. The Labute approximate surface area is 219 Å². The van der Waals surface area contributed by atoms with E-state index in [9.17, 15) is 9.50 Å². The Morgan fingerprint density at radius 3 is 2.55 bits per heavy atom. The van der Waals surface area contributed by atoms with Gasteiger partial charge in [-0.2, -0.15) is 0 Å². The van der Waals surface area contributed by atoms with Gasteiger partial charge in [0.2, 0.25) is 5.95 Å². The molecule has 198 valence electrons. The van der Waals surface area contributed by atoms with E-state index in [4.69, 9.17) is 0 Å². The third kappa shape index (κ3) is 4.72. The summed E-state index contributed by atoms with van der Waals surface area (Å²) in [6.45, 7) is 8.28. The Balaban J connectivity index is 1.21. The Kier molecular flexibility index (Phi) is 6.73. The summed E-state index contributed by atoms with van der Waals surface area (Å²) in [4.78, 5) is 22.1. The molecule has 6 rings (SSSR count). The molecule has 1 atom stereocenters. The number of halogens is 2. The van der Waals surface area contributed by atoms with Crippen LogP contribution in [0.15, 0.2) is 36.7 Å². The van der Waals surface area contributed by atoms with Crippen molar-refractivity contribution in [1.82, 2.24) is 34.3 Å². The number of aliphatic hydroxyl groups is 1. The van der Waals surface area contributed by atoms with Crippen LogP contribution in [0.25, 0.3) is 22.3 Å². The van der Waals surface area contributed by atoms with E-state index in [-0.39, 0.29) is 35.4 Å². The van der Waals surface area contributed by atoms with Crippen molar-refractivity contribution in [3.8, 4) is 11.3 Å². The minimum Gasteiger partial charge on any atom is -0.394 e. The smallest absolute Gasteiger partial charge is 0.229 e. The average Bonchev–Trinajstić information content (AvgIpc) is 3.51. The highest BCUT2D eigenvalue weighted by Crippen LogP contribution is 2.34. The molecule has 38 heavy (non-hydrogen) atoms. The Hall–Kier alpha value is -3.54. The van der Waals surface area contributed by atoms with Gasteiger partial charge < -0.3 is 19.9 Å². The lowest BCUT2D eigenvalue weighted by Crippen LogP contribution is -2.45. The van der Waals surface area contributed by atoms with Gasteiger partial charge >= 0.3 is 0 Å². The lowest BCUT2D eigenvalue weighted by Gasteiger charge is -2.33. The second-order valence-electron chi connectivity index (χ2n) is 9.88. The Morgan fingerprint density at radius 2 is 1.82 bits per heavy atom. The van der Waals surface area contributed by atoms with Crippen molar-refractivity contribution in [2.24, 2.45) is 0 Å². The third-order valence-corrected chi connectivity index (χ3v) is 7.50. The fraction of sp³-hybridized carbons (Fsp3) is 0.407. The molecular formula is C27H30F2N8O.